The molecule has 0 aliphatic carbocycles. The first-order chi connectivity index (χ1) is 14.0. The Balaban J connectivity index is 1.56. The van der Waals surface area contributed by atoms with Crippen LogP contribution in [0.3, 0.4) is 0 Å². The van der Waals surface area contributed by atoms with Gasteiger partial charge in [0.1, 0.15) is 23.7 Å². The molecule has 0 atom stereocenters. The minimum absolute atomic E-state index is 0.219. The Morgan fingerprint density at radius 2 is 1.79 bits per heavy atom. The van der Waals surface area contributed by atoms with Crippen LogP contribution in [0.4, 0.5) is 4.39 Å². The molecule has 0 unspecified atom stereocenters. The molecule has 2 aromatic heterocycles. The molecule has 2 heterocycles. The van der Waals surface area contributed by atoms with E-state index in [4.69, 9.17) is 0 Å². The predicted octanol–water partition coefficient (Wildman–Crippen LogP) is 2.32. The number of benzene rings is 2. The van der Waals surface area contributed by atoms with E-state index in [0.29, 0.717) is 17.0 Å². The van der Waals surface area contributed by atoms with Crippen LogP contribution in [0.1, 0.15) is 11.4 Å². The fraction of sp³-hybridized carbons (Fsp3) is 0.143. The van der Waals surface area contributed by atoms with Gasteiger partial charge in [-0.05, 0) is 30.7 Å². The predicted molar refractivity (Wildman–Crippen MR) is 106 cm³/mol. The number of nitrogens with one attached hydrogen (secondary N) is 1. The lowest BCUT2D eigenvalue weighted by molar-refractivity contribution is -0.122. The summed E-state index contributed by atoms with van der Waals surface area (Å²) in [6.45, 7) is 1.74. The van der Waals surface area contributed by atoms with Crippen LogP contribution in [0.2, 0.25) is 0 Å². The molecule has 4 rings (SSSR count). The van der Waals surface area contributed by atoms with Crippen LogP contribution in [-0.2, 0) is 17.9 Å². The third-order valence-electron chi connectivity index (χ3n) is 4.50. The molecule has 0 radical (unpaired) electrons. The molecule has 0 aliphatic rings. The molecule has 2 aromatic carbocycles. The molecule has 4 aromatic rings. The lowest BCUT2D eigenvalue weighted by atomic mass is 10.1. The molecule has 0 saturated carbocycles. The van der Waals surface area contributed by atoms with Gasteiger partial charge in [0, 0.05) is 12.1 Å². The highest BCUT2D eigenvalue weighted by Crippen LogP contribution is 2.18. The second kappa shape index (κ2) is 7.67. The average molecular weight is 391 g/mol. The Morgan fingerprint density at radius 3 is 2.52 bits per heavy atom. The molecule has 0 spiro atoms. The van der Waals surface area contributed by atoms with Crippen LogP contribution < -0.4 is 10.9 Å². The Labute approximate surface area is 165 Å². The largest absolute Gasteiger partial charge is 0.350 e. The van der Waals surface area contributed by atoms with Crippen molar-refractivity contribution >= 4 is 11.4 Å². The number of carbonyl (C=O) groups excluding carboxylic acids is 1. The first-order valence-electron chi connectivity index (χ1n) is 9.05. The van der Waals surface area contributed by atoms with Crippen LogP contribution in [0.15, 0.2) is 65.5 Å². The topological polar surface area (TPSA) is 81.3 Å². The summed E-state index contributed by atoms with van der Waals surface area (Å²) in [7, 11) is 0. The third-order valence-corrected chi connectivity index (χ3v) is 4.50. The zero-order valence-corrected chi connectivity index (χ0v) is 15.7. The van der Waals surface area contributed by atoms with Crippen molar-refractivity contribution in [2.75, 3.05) is 0 Å². The number of aryl methyl sites for hydroxylation is 1. The second-order valence-corrected chi connectivity index (χ2v) is 6.61. The normalized spacial score (nSPS) is 11.0. The lowest BCUT2D eigenvalue weighted by Gasteiger charge is -2.08. The van der Waals surface area contributed by atoms with Crippen molar-refractivity contribution in [2.24, 2.45) is 0 Å². The number of nitrogens with zero attached hydrogens (tertiary/aromatic N) is 4. The minimum atomic E-state index is -0.401. The van der Waals surface area contributed by atoms with Crippen molar-refractivity contribution in [1.29, 1.82) is 0 Å². The molecule has 1 amide bonds. The Bertz CT molecular complexity index is 1230. The summed E-state index contributed by atoms with van der Waals surface area (Å²) in [5, 5.41) is 11.4. The minimum Gasteiger partial charge on any atom is -0.350 e. The maximum Gasteiger partial charge on any atom is 0.293 e. The van der Waals surface area contributed by atoms with Crippen molar-refractivity contribution in [1.82, 2.24) is 24.7 Å². The smallest absolute Gasteiger partial charge is 0.293 e. The van der Waals surface area contributed by atoms with E-state index in [-0.39, 0.29) is 24.8 Å². The molecule has 29 heavy (non-hydrogen) atoms. The van der Waals surface area contributed by atoms with Crippen molar-refractivity contribution in [2.45, 2.75) is 20.0 Å². The molecule has 0 aliphatic heterocycles. The number of hydrogen-bond acceptors (Lipinski definition) is 4. The van der Waals surface area contributed by atoms with Gasteiger partial charge in [0.25, 0.3) is 5.56 Å². The van der Waals surface area contributed by atoms with Gasteiger partial charge in [0.2, 0.25) is 5.91 Å². The molecule has 8 heteroatoms. The number of amides is 1. The van der Waals surface area contributed by atoms with E-state index in [1.165, 1.54) is 16.6 Å². The Kier molecular flexibility index (Phi) is 4.90. The summed E-state index contributed by atoms with van der Waals surface area (Å²) in [6.07, 6.45) is 0. The van der Waals surface area contributed by atoms with Crippen molar-refractivity contribution in [3.05, 3.63) is 88.2 Å². The van der Waals surface area contributed by atoms with Crippen LogP contribution in [-0.4, -0.2) is 25.3 Å². The molecular weight excluding hydrogens is 373 g/mol. The second-order valence-electron chi connectivity index (χ2n) is 6.61. The van der Waals surface area contributed by atoms with E-state index in [0.717, 1.165) is 15.8 Å². The molecule has 0 saturated heterocycles. The van der Waals surface area contributed by atoms with E-state index >= 15 is 0 Å². The monoisotopic (exact) mass is 391 g/mol. The molecule has 146 valence electrons. The molecule has 7 nitrogen and oxygen atoms in total. The number of rotatable bonds is 5. The van der Waals surface area contributed by atoms with Gasteiger partial charge < -0.3 is 5.32 Å². The fourth-order valence-corrected chi connectivity index (χ4v) is 3.03. The summed E-state index contributed by atoms with van der Waals surface area (Å²) in [5.74, 6) is -0.209. The summed E-state index contributed by atoms with van der Waals surface area (Å²) < 4.78 is 15.6. The van der Waals surface area contributed by atoms with E-state index in [2.05, 4.69) is 15.5 Å². The highest BCUT2D eigenvalue weighted by Gasteiger charge is 2.14. The van der Waals surface area contributed by atoms with Crippen molar-refractivity contribution in [3.8, 4) is 11.3 Å². The number of halogens is 1. The van der Waals surface area contributed by atoms with Crippen molar-refractivity contribution < 1.29 is 9.18 Å². The van der Waals surface area contributed by atoms with Crippen LogP contribution in [0.25, 0.3) is 16.8 Å². The number of aromatic nitrogens is 4. The Hall–Kier alpha value is -3.81. The van der Waals surface area contributed by atoms with Crippen LogP contribution in [0, 0.1) is 12.7 Å². The van der Waals surface area contributed by atoms with E-state index in [1.807, 2.05) is 30.3 Å². The maximum absolute atomic E-state index is 13.0. The number of carbonyl (C=O) groups is 1. The van der Waals surface area contributed by atoms with E-state index in [9.17, 15) is 14.0 Å². The van der Waals surface area contributed by atoms with Gasteiger partial charge >= 0.3 is 0 Å². The standard InChI is InChI=1S/C21H18FN5O2/c1-14-24-26(13-20(28)23-12-15-7-9-17(22)10-8-15)21(29)19-11-18(25-27(14)19)16-5-3-2-4-6-16/h2-11H,12-13H2,1H3,(H,23,28). The fourth-order valence-electron chi connectivity index (χ4n) is 3.03. The molecule has 0 bridgehead atoms. The zero-order valence-electron chi connectivity index (χ0n) is 15.7. The van der Waals surface area contributed by atoms with Gasteiger partial charge in [-0.2, -0.15) is 10.2 Å². The van der Waals surface area contributed by atoms with E-state index in [1.54, 1.807) is 25.1 Å². The molecule has 1 N–H and O–H groups in total. The summed E-state index contributed by atoms with van der Waals surface area (Å²) in [6, 6.07) is 17.0. The third kappa shape index (κ3) is 3.91. The highest BCUT2D eigenvalue weighted by atomic mass is 19.1. The van der Waals surface area contributed by atoms with Gasteiger partial charge in [-0.3, -0.25) is 9.59 Å². The first-order valence-corrected chi connectivity index (χ1v) is 9.05. The Morgan fingerprint density at radius 1 is 1.07 bits per heavy atom. The number of fused-ring (bicyclic) bond motifs is 1. The average Bonchev–Trinajstić information content (AvgIpc) is 3.18. The van der Waals surface area contributed by atoms with Gasteiger partial charge in [-0.25, -0.2) is 13.6 Å². The van der Waals surface area contributed by atoms with E-state index < -0.39 is 5.56 Å². The van der Waals surface area contributed by atoms with Crippen LogP contribution >= 0.6 is 0 Å². The van der Waals surface area contributed by atoms with Gasteiger partial charge in [0.15, 0.2) is 0 Å². The summed E-state index contributed by atoms with van der Waals surface area (Å²) in [4.78, 5) is 25.1. The SMILES string of the molecule is Cc1nn(CC(=O)NCc2ccc(F)cc2)c(=O)c2cc(-c3ccccc3)nn12. The summed E-state index contributed by atoms with van der Waals surface area (Å²) >= 11 is 0. The number of hydrogen-bond donors (Lipinski definition) is 1. The molecular formula is C21H18FN5O2. The van der Waals surface area contributed by atoms with Crippen LogP contribution in [0.5, 0.6) is 0 Å². The lowest BCUT2D eigenvalue weighted by Crippen LogP contribution is -2.34. The van der Waals surface area contributed by atoms with Gasteiger partial charge in [-0.1, -0.05) is 42.5 Å². The van der Waals surface area contributed by atoms with Crippen molar-refractivity contribution in [3.63, 3.8) is 0 Å². The van der Waals surface area contributed by atoms with Gasteiger partial charge in [-0.15, -0.1) is 0 Å². The van der Waals surface area contributed by atoms with Gasteiger partial charge in [0.05, 0.1) is 5.69 Å². The maximum atomic E-state index is 13.0. The zero-order chi connectivity index (χ0) is 20.4. The summed E-state index contributed by atoms with van der Waals surface area (Å²) in [5.41, 5.74) is 2.25. The first kappa shape index (κ1) is 18.5. The highest BCUT2D eigenvalue weighted by molar-refractivity contribution is 5.75. The quantitative estimate of drug-likeness (QED) is 0.566. The molecule has 0 fully saturated rings.